The standard InChI is InChI=1S/C24H24N2O6/c1-30-16-8-7-14(20(31-2)21(16)32-3)11-13-5-4-6-15-19(13)25-18-9-10-24(23(28)29)12-17(24)26(18)22(15)27/h7-11,17H,4-6,12H2,1-3H3,(H,28,29). The number of carboxylic acid groups (broad SMARTS) is 1. The van der Waals surface area contributed by atoms with Gasteiger partial charge < -0.3 is 19.3 Å². The molecule has 1 aromatic heterocycles. The number of fused-ring (bicyclic) bond motifs is 4. The number of hydrogen-bond donors (Lipinski definition) is 1. The summed E-state index contributed by atoms with van der Waals surface area (Å²) in [6, 6.07) is 3.34. The van der Waals surface area contributed by atoms with Gasteiger partial charge in [-0.2, -0.15) is 0 Å². The molecule has 0 saturated heterocycles. The maximum atomic E-state index is 13.4. The number of carbonyl (C=O) groups is 1. The van der Waals surface area contributed by atoms with Crippen LogP contribution in [-0.2, 0) is 11.2 Å². The number of carboxylic acids is 1. The molecular weight excluding hydrogens is 412 g/mol. The Morgan fingerprint density at radius 1 is 1.19 bits per heavy atom. The molecule has 0 amide bonds. The monoisotopic (exact) mass is 436 g/mol. The molecule has 3 aliphatic rings. The highest BCUT2D eigenvalue weighted by atomic mass is 16.5. The summed E-state index contributed by atoms with van der Waals surface area (Å²) in [6.07, 6.45) is 7.96. The van der Waals surface area contributed by atoms with Crippen LogP contribution in [0.25, 0.3) is 17.7 Å². The number of ether oxygens (including phenoxy) is 3. The zero-order valence-corrected chi connectivity index (χ0v) is 18.2. The molecule has 1 N–H and O–H groups in total. The molecule has 8 heteroatoms. The molecule has 2 aliphatic carbocycles. The number of rotatable bonds is 5. The fourth-order valence-corrected chi connectivity index (χ4v) is 4.92. The van der Waals surface area contributed by atoms with Crippen LogP contribution in [0, 0.1) is 5.41 Å². The molecule has 1 aliphatic heterocycles. The first kappa shape index (κ1) is 20.4. The lowest BCUT2D eigenvalue weighted by Crippen LogP contribution is -2.33. The van der Waals surface area contributed by atoms with Crippen LogP contribution in [0.5, 0.6) is 17.2 Å². The normalized spacial score (nSPS) is 23.7. The van der Waals surface area contributed by atoms with Crippen LogP contribution < -0.4 is 19.8 Å². The van der Waals surface area contributed by atoms with Crippen molar-refractivity contribution in [1.82, 2.24) is 9.55 Å². The Kier molecular flexibility index (Phi) is 4.62. The Morgan fingerprint density at radius 3 is 2.66 bits per heavy atom. The van der Waals surface area contributed by atoms with Gasteiger partial charge in [0.25, 0.3) is 5.56 Å². The van der Waals surface area contributed by atoms with Gasteiger partial charge in [-0.1, -0.05) is 6.08 Å². The Bertz CT molecular complexity index is 1260. The third-order valence-electron chi connectivity index (χ3n) is 6.68. The Labute approximate surface area is 184 Å². The number of allylic oxidation sites excluding steroid dienone is 1. The molecule has 2 unspecified atom stereocenters. The summed E-state index contributed by atoms with van der Waals surface area (Å²) in [6.45, 7) is 0. The first-order valence-electron chi connectivity index (χ1n) is 10.5. The zero-order chi connectivity index (χ0) is 22.6. The summed E-state index contributed by atoms with van der Waals surface area (Å²) in [5.74, 6) is 1.23. The van der Waals surface area contributed by atoms with Crippen molar-refractivity contribution in [3.63, 3.8) is 0 Å². The molecule has 32 heavy (non-hydrogen) atoms. The van der Waals surface area contributed by atoms with E-state index < -0.39 is 11.4 Å². The molecular formula is C24H24N2O6. The van der Waals surface area contributed by atoms with Gasteiger partial charge in [-0.15, -0.1) is 0 Å². The number of aliphatic carboxylic acids is 1. The number of aromatic nitrogens is 2. The zero-order valence-electron chi connectivity index (χ0n) is 18.2. The molecule has 1 fully saturated rings. The van der Waals surface area contributed by atoms with Gasteiger partial charge in [-0.3, -0.25) is 14.2 Å². The molecule has 0 radical (unpaired) electrons. The molecule has 2 aromatic rings. The van der Waals surface area contributed by atoms with E-state index in [0.29, 0.717) is 47.2 Å². The van der Waals surface area contributed by atoms with Crippen LogP contribution >= 0.6 is 0 Å². The highest BCUT2D eigenvalue weighted by Crippen LogP contribution is 2.59. The SMILES string of the molecule is COc1ccc(C=C2CCCc3c2nc2n(c3=O)C3CC3(C(=O)O)C=C2)c(OC)c1OC. The van der Waals surface area contributed by atoms with E-state index >= 15 is 0 Å². The van der Waals surface area contributed by atoms with E-state index in [2.05, 4.69) is 0 Å². The lowest BCUT2D eigenvalue weighted by Gasteiger charge is -2.24. The van der Waals surface area contributed by atoms with Gasteiger partial charge in [-0.05, 0) is 55.5 Å². The molecule has 0 spiro atoms. The maximum absolute atomic E-state index is 13.4. The lowest BCUT2D eigenvalue weighted by molar-refractivity contribution is -0.141. The van der Waals surface area contributed by atoms with Crippen molar-refractivity contribution in [2.45, 2.75) is 31.7 Å². The van der Waals surface area contributed by atoms with Crippen molar-refractivity contribution in [2.24, 2.45) is 5.41 Å². The topological polar surface area (TPSA) is 99.9 Å². The smallest absolute Gasteiger partial charge is 0.315 e. The molecule has 8 nitrogen and oxygen atoms in total. The summed E-state index contributed by atoms with van der Waals surface area (Å²) in [5, 5.41) is 9.60. The van der Waals surface area contributed by atoms with Crippen LogP contribution in [0.2, 0.25) is 0 Å². The van der Waals surface area contributed by atoms with E-state index in [4.69, 9.17) is 19.2 Å². The minimum Gasteiger partial charge on any atom is -0.493 e. The first-order chi connectivity index (χ1) is 15.4. The van der Waals surface area contributed by atoms with Crippen molar-refractivity contribution in [3.8, 4) is 17.2 Å². The van der Waals surface area contributed by atoms with Crippen molar-refractivity contribution < 1.29 is 24.1 Å². The summed E-state index contributed by atoms with van der Waals surface area (Å²) in [4.78, 5) is 29.9. The molecule has 2 atom stereocenters. The van der Waals surface area contributed by atoms with Gasteiger partial charge >= 0.3 is 5.97 Å². The summed E-state index contributed by atoms with van der Waals surface area (Å²) >= 11 is 0. The predicted molar refractivity (Wildman–Crippen MR) is 118 cm³/mol. The Balaban J connectivity index is 1.64. The third kappa shape index (κ3) is 2.78. The second-order valence-corrected chi connectivity index (χ2v) is 8.32. The average molecular weight is 436 g/mol. The molecule has 166 valence electrons. The molecule has 1 saturated carbocycles. The molecule has 2 heterocycles. The molecule has 0 bridgehead atoms. The largest absolute Gasteiger partial charge is 0.493 e. The molecule has 1 aromatic carbocycles. The summed E-state index contributed by atoms with van der Waals surface area (Å²) < 4.78 is 18.0. The van der Waals surface area contributed by atoms with E-state index in [1.165, 1.54) is 0 Å². The highest BCUT2D eigenvalue weighted by molar-refractivity contribution is 5.86. The third-order valence-corrected chi connectivity index (χ3v) is 6.68. The summed E-state index contributed by atoms with van der Waals surface area (Å²) in [7, 11) is 4.70. The van der Waals surface area contributed by atoms with Gasteiger partial charge in [0.1, 0.15) is 11.2 Å². The lowest BCUT2D eigenvalue weighted by atomic mass is 9.90. The quantitative estimate of drug-likeness (QED) is 0.768. The Morgan fingerprint density at radius 2 is 1.97 bits per heavy atom. The number of methoxy groups -OCH3 is 3. The highest BCUT2D eigenvalue weighted by Gasteiger charge is 2.62. The average Bonchev–Trinajstić information content (AvgIpc) is 3.55. The van der Waals surface area contributed by atoms with Crippen LogP contribution in [0.1, 0.15) is 47.9 Å². The second kappa shape index (κ2) is 7.25. The number of nitrogens with zero attached hydrogens (tertiary/aromatic N) is 2. The van der Waals surface area contributed by atoms with Crippen molar-refractivity contribution in [1.29, 1.82) is 0 Å². The van der Waals surface area contributed by atoms with Crippen LogP contribution in [0.3, 0.4) is 0 Å². The minimum absolute atomic E-state index is 0.132. The van der Waals surface area contributed by atoms with Crippen molar-refractivity contribution >= 4 is 23.7 Å². The van der Waals surface area contributed by atoms with E-state index in [-0.39, 0.29) is 11.6 Å². The predicted octanol–water partition coefficient (Wildman–Crippen LogP) is 3.19. The maximum Gasteiger partial charge on any atom is 0.315 e. The van der Waals surface area contributed by atoms with Gasteiger partial charge in [0, 0.05) is 11.1 Å². The molecule has 5 rings (SSSR count). The fourth-order valence-electron chi connectivity index (χ4n) is 4.92. The van der Waals surface area contributed by atoms with Crippen molar-refractivity contribution in [2.75, 3.05) is 21.3 Å². The van der Waals surface area contributed by atoms with E-state index in [9.17, 15) is 14.7 Å². The second-order valence-electron chi connectivity index (χ2n) is 8.32. The van der Waals surface area contributed by atoms with Crippen LogP contribution in [-0.4, -0.2) is 42.0 Å². The van der Waals surface area contributed by atoms with E-state index in [1.807, 2.05) is 18.2 Å². The van der Waals surface area contributed by atoms with E-state index in [1.54, 1.807) is 38.0 Å². The fraction of sp³-hybridized carbons (Fsp3) is 0.375. The number of benzene rings is 1. The van der Waals surface area contributed by atoms with Gasteiger partial charge in [0.2, 0.25) is 5.75 Å². The minimum atomic E-state index is -0.965. The first-order valence-corrected chi connectivity index (χ1v) is 10.5. The van der Waals surface area contributed by atoms with Crippen LogP contribution in [0.15, 0.2) is 23.0 Å². The Hall–Kier alpha value is -3.55. The van der Waals surface area contributed by atoms with Crippen molar-refractivity contribution in [3.05, 3.63) is 51.2 Å². The van der Waals surface area contributed by atoms with E-state index in [0.717, 1.165) is 24.0 Å². The number of hydrogen-bond acceptors (Lipinski definition) is 6. The van der Waals surface area contributed by atoms with Gasteiger partial charge in [0.05, 0.1) is 33.1 Å². The van der Waals surface area contributed by atoms with Gasteiger partial charge in [0.15, 0.2) is 11.5 Å². The van der Waals surface area contributed by atoms with Crippen LogP contribution in [0.4, 0.5) is 0 Å². The van der Waals surface area contributed by atoms with Gasteiger partial charge in [-0.25, -0.2) is 4.98 Å². The summed E-state index contributed by atoms with van der Waals surface area (Å²) in [5.41, 5.74) is 1.97.